The van der Waals surface area contributed by atoms with Crippen molar-refractivity contribution in [2.24, 2.45) is 13.5 Å². The lowest BCUT2D eigenvalue weighted by atomic mass is 10.1. The molecule has 0 amide bonds. The highest BCUT2D eigenvalue weighted by Gasteiger charge is 2.40. The summed E-state index contributed by atoms with van der Waals surface area (Å²) in [5.74, 6) is 3.65. The van der Waals surface area contributed by atoms with Crippen molar-refractivity contribution in [2.75, 3.05) is 39.6 Å². The fraction of sp³-hybridized carbons (Fsp3) is 0.217. The Morgan fingerprint density at radius 3 is 1.47 bits per heavy atom. The summed E-state index contributed by atoms with van der Waals surface area (Å²) >= 11 is 0. The first-order valence-electron chi connectivity index (χ1n) is 20.2. The van der Waals surface area contributed by atoms with E-state index in [1.54, 1.807) is 6.07 Å². The molecule has 13 nitrogen and oxygen atoms in total. The summed E-state index contributed by atoms with van der Waals surface area (Å²) in [6.07, 6.45) is 1.57. The van der Waals surface area contributed by atoms with Crippen LogP contribution in [-0.2, 0) is 31.8 Å². The lowest BCUT2D eigenvalue weighted by molar-refractivity contribution is 0.119. The smallest absolute Gasteiger partial charge is 0.453 e. The predicted molar refractivity (Wildman–Crippen MR) is 238 cm³/mol. The van der Waals surface area contributed by atoms with Gasteiger partial charge in [-0.05, 0) is 84.6 Å². The molecule has 0 spiro atoms. The summed E-state index contributed by atoms with van der Waals surface area (Å²) in [7, 11) is -7.14. The van der Waals surface area contributed by atoms with Crippen LogP contribution in [0.2, 0.25) is 0 Å². The minimum Gasteiger partial charge on any atom is -0.453 e. The van der Waals surface area contributed by atoms with E-state index < -0.39 is 15.3 Å². The molecule has 3 aliphatic heterocycles. The second-order valence-corrected chi connectivity index (χ2v) is 19.2. The molecular weight excluding hydrogens is 847 g/mol. The molecule has 0 aromatic heterocycles. The Morgan fingerprint density at radius 2 is 0.935 bits per heavy atom. The van der Waals surface area contributed by atoms with Crippen LogP contribution >= 0.6 is 23.8 Å². The molecule has 3 heterocycles. The van der Waals surface area contributed by atoms with E-state index in [1.165, 1.54) is 0 Å². The monoisotopic (exact) mass is 891 g/mol. The van der Waals surface area contributed by atoms with Gasteiger partial charge in [-0.2, -0.15) is 0 Å². The highest BCUT2D eigenvalue weighted by Crippen LogP contribution is 2.71. The fourth-order valence-corrected chi connectivity index (χ4v) is 12.4. The van der Waals surface area contributed by atoms with E-state index in [2.05, 4.69) is 0 Å². The van der Waals surface area contributed by atoms with Crippen LogP contribution in [0.4, 0.5) is 0 Å². The molecule has 62 heavy (non-hydrogen) atoms. The van der Waals surface area contributed by atoms with E-state index in [0.717, 1.165) is 24.3 Å². The van der Waals surface area contributed by atoms with Crippen molar-refractivity contribution in [3.8, 4) is 46.0 Å². The molecule has 3 unspecified atom stereocenters. The molecule has 2 saturated heterocycles. The third-order valence-electron chi connectivity index (χ3n) is 9.42. The summed E-state index contributed by atoms with van der Waals surface area (Å²) in [6, 6.07) is 48.9. The molecule has 6 aromatic carbocycles. The van der Waals surface area contributed by atoms with Crippen molar-refractivity contribution in [1.82, 2.24) is 0 Å². The van der Waals surface area contributed by atoms with Gasteiger partial charge in [0.25, 0.3) is 0 Å². The highest BCUT2D eigenvalue weighted by molar-refractivity contribution is 7.73. The molecule has 16 heteroatoms. The maximum atomic E-state index is 7.05. The molecule has 0 saturated carbocycles. The van der Waals surface area contributed by atoms with Gasteiger partial charge >= 0.3 is 15.3 Å². The van der Waals surface area contributed by atoms with Gasteiger partial charge < -0.3 is 46.5 Å². The Balaban J connectivity index is 1.12. The number of hydrogen-bond acceptors (Lipinski definition) is 13. The summed E-state index contributed by atoms with van der Waals surface area (Å²) in [5.41, 5.74) is 1.88. The van der Waals surface area contributed by atoms with Crippen LogP contribution in [0, 0.1) is 0 Å². The highest BCUT2D eigenvalue weighted by atomic mass is 31.3. The van der Waals surface area contributed by atoms with E-state index in [-0.39, 0.29) is 32.2 Å². The minimum atomic E-state index is -3.78. The largest absolute Gasteiger partial charge is 0.460 e. The molecule has 318 valence electrons. The average Bonchev–Trinajstić information content (AvgIpc) is 4.24. The van der Waals surface area contributed by atoms with Gasteiger partial charge in [0.05, 0.1) is 39.6 Å². The Kier molecular flexibility index (Phi) is 13.6. The second kappa shape index (κ2) is 20.1. The topological polar surface area (TPSA) is 136 Å². The van der Waals surface area contributed by atoms with E-state index in [4.69, 9.17) is 60.1 Å². The van der Waals surface area contributed by atoms with Gasteiger partial charge in [-0.15, -0.1) is 9.03 Å². The van der Waals surface area contributed by atoms with E-state index in [9.17, 15) is 0 Å². The first-order valence-corrected chi connectivity index (χ1v) is 24.1. The Labute approximate surface area is 362 Å². The quantitative estimate of drug-likeness (QED) is 0.0368. The van der Waals surface area contributed by atoms with Crippen LogP contribution in [0.15, 0.2) is 171 Å². The molecule has 0 aliphatic carbocycles. The van der Waals surface area contributed by atoms with Crippen molar-refractivity contribution in [3.05, 3.63) is 169 Å². The lowest BCUT2D eigenvalue weighted by Crippen LogP contribution is -2.07. The zero-order valence-electron chi connectivity index (χ0n) is 33.6. The van der Waals surface area contributed by atoms with Crippen molar-refractivity contribution >= 4 is 23.8 Å². The van der Waals surface area contributed by atoms with Crippen molar-refractivity contribution in [1.29, 1.82) is 0 Å². The SMILES string of the molecule is c1ccc(OP2(Oc3ccccc3)=NP(Oc3ccccc3)(Oc3cccc(Oc4ccccc4CCOCC4CO4)c3Oc3ccccc3CCOCC3CO3)=NP=N2)cc1. The molecule has 0 N–H and O–H groups in total. The predicted octanol–water partition coefficient (Wildman–Crippen LogP) is 12.8. The average molecular weight is 892 g/mol. The third kappa shape index (κ3) is 11.5. The fourth-order valence-electron chi connectivity index (χ4n) is 6.18. The summed E-state index contributed by atoms with van der Waals surface area (Å²) in [5, 5.41) is 0. The number of ether oxygens (including phenoxy) is 6. The van der Waals surface area contributed by atoms with Gasteiger partial charge in [0, 0.05) is 0 Å². The maximum absolute atomic E-state index is 7.05. The molecule has 0 bridgehead atoms. The molecule has 3 atom stereocenters. The Hall–Kier alpha value is -5.48. The van der Waals surface area contributed by atoms with Crippen LogP contribution in [0.1, 0.15) is 11.1 Å². The zero-order chi connectivity index (χ0) is 41.9. The van der Waals surface area contributed by atoms with Gasteiger partial charge in [0.15, 0.2) is 20.0 Å². The van der Waals surface area contributed by atoms with Gasteiger partial charge in [-0.1, -0.05) is 102 Å². The van der Waals surface area contributed by atoms with Crippen molar-refractivity contribution in [3.63, 3.8) is 0 Å². The zero-order valence-corrected chi connectivity index (χ0v) is 36.3. The lowest BCUT2D eigenvalue weighted by Gasteiger charge is -2.28. The number of para-hydroxylation sites is 6. The maximum Gasteiger partial charge on any atom is 0.460 e. The standard InChI is InChI=1S/C46H44N3O10P3/c1-4-17-37(18-5-1)56-61(57-38-19-6-2-7-20-38)47-60-48-62(49-61,58-39-21-8-3-9-22-39)59-45-26-14-25-44(54-42-23-12-10-15-35(42)27-29-50-31-40-33-52-40)46(45)55-43-24-13-11-16-36(43)28-30-51-32-41-34-53-41/h1-26,40-41H,27-34H2. The first-order chi connectivity index (χ1) is 30.6. The summed E-state index contributed by atoms with van der Waals surface area (Å²) in [6.45, 7) is 3.58. The normalized spacial score (nSPS) is 19.5. The number of nitrogens with zero attached hydrogens (tertiary/aromatic N) is 3. The van der Waals surface area contributed by atoms with Gasteiger partial charge in [0.1, 0.15) is 41.0 Å². The van der Waals surface area contributed by atoms with Crippen LogP contribution in [0.5, 0.6) is 46.0 Å². The molecular formula is C46H44N3O10P3. The van der Waals surface area contributed by atoms with Crippen molar-refractivity contribution in [2.45, 2.75) is 25.0 Å². The van der Waals surface area contributed by atoms with E-state index >= 15 is 0 Å². The summed E-state index contributed by atoms with van der Waals surface area (Å²) in [4.78, 5) is 0. The molecule has 3 aliphatic rings. The van der Waals surface area contributed by atoms with Gasteiger partial charge in [0.2, 0.25) is 5.75 Å². The molecule has 2 fully saturated rings. The number of rotatable bonds is 22. The second-order valence-electron chi connectivity index (χ2n) is 14.2. The Morgan fingerprint density at radius 1 is 0.484 bits per heavy atom. The van der Waals surface area contributed by atoms with Gasteiger partial charge in [-0.3, -0.25) is 0 Å². The number of benzene rings is 6. The van der Waals surface area contributed by atoms with Crippen LogP contribution < -0.4 is 27.6 Å². The van der Waals surface area contributed by atoms with E-state index in [0.29, 0.717) is 73.8 Å². The summed E-state index contributed by atoms with van der Waals surface area (Å²) < 4.78 is 78.1. The van der Waals surface area contributed by atoms with Crippen LogP contribution in [0.25, 0.3) is 0 Å². The third-order valence-corrected chi connectivity index (χ3v) is 15.5. The first kappa shape index (κ1) is 41.9. The number of hydrogen-bond donors (Lipinski definition) is 0. The molecule has 6 aromatic rings. The van der Waals surface area contributed by atoms with Crippen molar-refractivity contribution < 1.29 is 46.5 Å². The molecule has 0 radical (unpaired) electrons. The van der Waals surface area contributed by atoms with Gasteiger partial charge in [-0.25, -0.2) is 0 Å². The van der Waals surface area contributed by atoms with Crippen LogP contribution in [-0.4, -0.2) is 51.8 Å². The minimum absolute atomic E-state index is 0.167. The van der Waals surface area contributed by atoms with E-state index in [1.807, 2.05) is 152 Å². The Bertz CT molecular complexity index is 2520. The molecule has 9 rings (SSSR count). The van der Waals surface area contributed by atoms with Crippen LogP contribution in [0.3, 0.4) is 0 Å². The number of epoxide rings is 2.